The van der Waals surface area contributed by atoms with E-state index in [1.807, 2.05) is 30.3 Å². The van der Waals surface area contributed by atoms with Crippen molar-refractivity contribution < 1.29 is 65.5 Å². The first-order valence-corrected chi connectivity index (χ1v) is 22.0. The van der Waals surface area contributed by atoms with E-state index in [1.165, 1.54) is 14.0 Å². The minimum absolute atomic E-state index is 0.0187. The van der Waals surface area contributed by atoms with Crippen molar-refractivity contribution in [1.29, 1.82) is 0 Å². The number of nitrogens with zero attached hydrogens (tertiary/aromatic N) is 2. The van der Waals surface area contributed by atoms with E-state index in [9.17, 15) is 41.8 Å². The molecule has 0 saturated carbocycles. The molecule has 0 aromatic heterocycles. The zero-order valence-electron chi connectivity index (χ0n) is 37.6. The van der Waals surface area contributed by atoms with Gasteiger partial charge in [-0.2, -0.15) is 13.2 Å². The Morgan fingerprint density at radius 3 is 2.29 bits per heavy atom. The summed E-state index contributed by atoms with van der Waals surface area (Å²) in [5.41, 5.74) is -4.70. The maximum Gasteiger partial charge on any atom is 0.416 e. The van der Waals surface area contributed by atoms with E-state index in [2.05, 4.69) is 0 Å². The summed E-state index contributed by atoms with van der Waals surface area (Å²) in [6, 6.07) is 10.5. The number of amides is 1. The molecule has 0 radical (unpaired) electrons. The number of carbonyl (C=O) groups is 4. The number of rotatable bonds is 10. The Labute approximate surface area is 366 Å². The van der Waals surface area contributed by atoms with Crippen molar-refractivity contribution in [2.75, 3.05) is 20.7 Å². The lowest BCUT2D eigenvalue weighted by molar-refractivity contribution is -0.229. The molecule has 63 heavy (non-hydrogen) atoms. The third kappa shape index (κ3) is 9.03. The smallest absolute Gasteiger partial charge is 0.416 e. The number of aliphatic hydroxyl groups is 1. The van der Waals surface area contributed by atoms with Crippen LogP contribution in [0.1, 0.15) is 97.3 Å². The van der Waals surface area contributed by atoms with Gasteiger partial charge < -0.3 is 33.7 Å². The van der Waals surface area contributed by atoms with Crippen LogP contribution in [0.15, 0.2) is 48.5 Å². The Kier molecular flexibility index (Phi) is 14.2. The Bertz CT molecular complexity index is 2010. The number of ketones is 2. The third-order valence-corrected chi connectivity index (χ3v) is 14.4. The van der Waals surface area contributed by atoms with Crippen molar-refractivity contribution in [3.63, 3.8) is 0 Å². The summed E-state index contributed by atoms with van der Waals surface area (Å²) in [6.45, 7) is 11.7. The minimum atomic E-state index is -4.78. The monoisotopic (exact) mass is 890 g/mol. The molecule has 2 aromatic carbocycles. The van der Waals surface area contributed by atoms with Crippen molar-refractivity contribution in [2.24, 2.45) is 23.7 Å². The summed E-state index contributed by atoms with van der Waals surface area (Å²) < 4.78 is 86.9. The molecule has 4 aliphatic heterocycles. The number of alkyl halides is 3. The standard InChI is InChI=1S/C47H62F4N2O10/c1-10-35-45(7)40(53(43(58)63-45)19-15-14-18-30-16-12-11-13-17-30)27(3)37(54)26(2)24-44(6,59-9)46(29(5)38(55)28(4)41(57)60-35)36-23-34(39(56)42(61-36)62-46)52(8)25-31-20-32(47(49,50)51)22-33(48)21-31/h11-13,16-17,20-22,26-29,34-36,39-40,42,56H,10,14-15,18-19,23-25H2,1-9H3/t26-,27+,28-,29+,34+,35?,36?,39-,40-,42+,44-,45-,46+/m1/s1. The fourth-order valence-electron chi connectivity index (χ4n) is 11.0. The van der Waals surface area contributed by atoms with Crippen LogP contribution >= 0.6 is 0 Å². The molecule has 4 heterocycles. The number of halogens is 4. The predicted octanol–water partition coefficient (Wildman–Crippen LogP) is 7.31. The lowest BCUT2D eigenvalue weighted by Gasteiger charge is -2.51. The number of hydrogen-bond donors (Lipinski definition) is 1. The van der Waals surface area contributed by atoms with Gasteiger partial charge in [0.2, 0.25) is 0 Å². The Morgan fingerprint density at radius 1 is 0.968 bits per heavy atom. The molecule has 1 amide bonds. The second-order valence-corrected chi connectivity index (χ2v) is 18.5. The summed E-state index contributed by atoms with van der Waals surface area (Å²) >= 11 is 0. The van der Waals surface area contributed by atoms with Crippen molar-refractivity contribution in [3.8, 4) is 0 Å². The molecule has 16 heteroatoms. The topological polar surface area (TPSA) is 141 Å². The normalized spacial score (nSPS) is 36.7. The first-order chi connectivity index (χ1) is 29.5. The number of methoxy groups -OCH3 is 1. The fourth-order valence-corrected chi connectivity index (χ4v) is 11.0. The average molecular weight is 891 g/mol. The molecule has 4 saturated heterocycles. The summed E-state index contributed by atoms with van der Waals surface area (Å²) in [5, 5.41) is 11.8. The van der Waals surface area contributed by atoms with Crippen molar-refractivity contribution in [1.82, 2.24) is 9.80 Å². The Hall–Kier alpha value is -3.96. The van der Waals surface area contributed by atoms with E-state index < -0.39 is 113 Å². The highest BCUT2D eigenvalue weighted by atomic mass is 19.4. The number of carbonyl (C=O) groups excluding carboxylic acids is 4. The van der Waals surface area contributed by atoms with E-state index in [1.54, 1.807) is 58.4 Å². The SMILES string of the molecule is CCC1OC(=O)[C@H](C)C(=O)[C@H](C)[C@@]2(O[C@@H]3OC2C[C@H](N(C)Cc2cc(F)cc(C(F)(F)F)c2)[C@H]3O)[C@](C)(OC)C[C@@H](C)C(=O)[C@H](C)[C@H]2N(CCCCc3ccccc3)C(=O)O[C@]12C. The van der Waals surface area contributed by atoms with Gasteiger partial charge in [0.15, 0.2) is 17.7 Å². The number of aliphatic hydroxyl groups excluding tert-OH is 1. The van der Waals surface area contributed by atoms with Crippen LogP contribution in [0.25, 0.3) is 0 Å². The van der Waals surface area contributed by atoms with Gasteiger partial charge in [-0.25, -0.2) is 9.18 Å². The van der Waals surface area contributed by atoms with Crippen LogP contribution in [-0.4, -0.2) is 113 Å². The van der Waals surface area contributed by atoms with Crippen LogP contribution in [0.2, 0.25) is 0 Å². The largest absolute Gasteiger partial charge is 0.458 e. The summed E-state index contributed by atoms with van der Waals surface area (Å²) in [7, 11) is 2.99. The number of Topliss-reactive ketones (excluding diaryl/α,β-unsaturated/α-hetero) is 2. The second kappa shape index (κ2) is 18.5. The zero-order valence-corrected chi connectivity index (χ0v) is 37.6. The lowest BCUT2D eigenvalue weighted by atomic mass is 9.64. The van der Waals surface area contributed by atoms with Crippen molar-refractivity contribution >= 4 is 23.6 Å². The molecule has 4 aliphatic rings. The van der Waals surface area contributed by atoms with Gasteiger partial charge in [0.1, 0.15) is 35.3 Å². The average Bonchev–Trinajstić information content (AvgIpc) is 3.71. The van der Waals surface area contributed by atoms with Crippen LogP contribution < -0.4 is 0 Å². The summed E-state index contributed by atoms with van der Waals surface area (Å²) in [4.78, 5) is 60.8. The van der Waals surface area contributed by atoms with Crippen LogP contribution in [0.5, 0.6) is 0 Å². The van der Waals surface area contributed by atoms with E-state index in [0.29, 0.717) is 12.5 Å². The zero-order chi connectivity index (χ0) is 46.4. The van der Waals surface area contributed by atoms with Gasteiger partial charge in [-0.05, 0) is 95.7 Å². The van der Waals surface area contributed by atoms with Gasteiger partial charge in [0, 0.05) is 38.1 Å². The molecule has 4 fully saturated rings. The molecule has 13 atom stereocenters. The van der Waals surface area contributed by atoms with Gasteiger partial charge in [-0.15, -0.1) is 0 Å². The third-order valence-electron chi connectivity index (χ3n) is 14.4. The minimum Gasteiger partial charge on any atom is -0.458 e. The number of aryl methyl sites for hydroxylation is 1. The molecule has 2 aromatic rings. The molecule has 1 N–H and O–H groups in total. The quantitative estimate of drug-likeness (QED) is 0.111. The molecule has 2 bridgehead atoms. The fraction of sp³-hybridized carbons (Fsp3) is 0.660. The second-order valence-electron chi connectivity index (χ2n) is 18.5. The molecule has 12 nitrogen and oxygen atoms in total. The molecule has 2 unspecified atom stereocenters. The van der Waals surface area contributed by atoms with Crippen LogP contribution in [0.3, 0.4) is 0 Å². The van der Waals surface area contributed by atoms with E-state index in [-0.39, 0.29) is 43.7 Å². The highest BCUT2D eigenvalue weighted by molar-refractivity contribution is 6.00. The van der Waals surface area contributed by atoms with Crippen LogP contribution in [0, 0.1) is 29.5 Å². The number of likely N-dealkylation sites (N-methyl/N-ethyl adjacent to an activating group) is 1. The number of cyclic esters (lactones) is 1. The Morgan fingerprint density at radius 2 is 1.65 bits per heavy atom. The maximum atomic E-state index is 14.9. The molecular formula is C47H62F4N2O10. The number of benzene rings is 2. The number of unbranched alkanes of at least 4 members (excludes halogenated alkanes) is 1. The number of ether oxygens (including phenoxy) is 5. The van der Waals surface area contributed by atoms with Gasteiger partial charge >= 0.3 is 18.2 Å². The van der Waals surface area contributed by atoms with Crippen LogP contribution in [0.4, 0.5) is 22.4 Å². The van der Waals surface area contributed by atoms with E-state index in [4.69, 9.17) is 23.7 Å². The predicted molar refractivity (Wildman–Crippen MR) is 221 cm³/mol. The van der Waals surface area contributed by atoms with Gasteiger partial charge in [-0.1, -0.05) is 58.0 Å². The number of fused-ring (bicyclic) bond motifs is 4. The molecular weight excluding hydrogens is 829 g/mol. The molecule has 6 rings (SSSR count). The molecule has 1 spiro atoms. The molecule has 348 valence electrons. The van der Waals surface area contributed by atoms with Crippen molar-refractivity contribution in [2.45, 2.75) is 153 Å². The van der Waals surface area contributed by atoms with Gasteiger partial charge in [0.05, 0.1) is 29.2 Å². The van der Waals surface area contributed by atoms with Crippen LogP contribution in [-0.2, 0) is 57.2 Å². The van der Waals surface area contributed by atoms with E-state index in [0.717, 1.165) is 30.5 Å². The molecule has 0 aliphatic carbocycles. The Balaban J connectivity index is 1.35. The number of esters is 1. The summed E-state index contributed by atoms with van der Waals surface area (Å²) in [6.07, 6.45) is -7.94. The maximum absolute atomic E-state index is 14.9. The van der Waals surface area contributed by atoms with Gasteiger partial charge in [0.25, 0.3) is 0 Å². The lowest BCUT2D eigenvalue weighted by Crippen LogP contribution is -2.66. The number of hydrogen-bond acceptors (Lipinski definition) is 11. The van der Waals surface area contributed by atoms with E-state index >= 15 is 0 Å². The van der Waals surface area contributed by atoms with Crippen molar-refractivity contribution in [3.05, 3.63) is 71.0 Å². The summed E-state index contributed by atoms with van der Waals surface area (Å²) in [5.74, 6) is -6.95. The highest BCUT2D eigenvalue weighted by Gasteiger charge is 2.70. The highest BCUT2D eigenvalue weighted by Crippen LogP contribution is 2.54. The van der Waals surface area contributed by atoms with Gasteiger partial charge in [-0.3, -0.25) is 19.3 Å². The first-order valence-electron chi connectivity index (χ1n) is 22.0. The first kappa shape index (κ1) is 48.5.